The summed E-state index contributed by atoms with van der Waals surface area (Å²) in [6.45, 7) is 19.3. The molecule has 360 valence electrons. The number of ether oxygens (including phenoxy) is 5. The summed E-state index contributed by atoms with van der Waals surface area (Å²) in [4.78, 5) is 44.8. The van der Waals surface area contributed by atoms with Crippen LogP contribution in [0.3, 0.4) is 0 Å². The van der Waals surface area contributed by atoms with Crippen LogP contribution in [0.2, 0.25) is 0 Å². The van der Waals surface area contributed by atoms with Gasteiger partial charge in [0.05, 0.1) is 62.4 Å². The Morgan fingerprint density at radius 2 is 0.768 bits per heavy atom. The Morgan fingerprint density at radius 1 is 0.449 bits per heavy atom. The van der Waals surface area contributed by atoms with Crippen molar-refractivity contribution in [3.63, 3.8) is 0 Å². The molecular weight excluding hydrogens is 865 g/mol. The number of ketones is 2. The fourth-order valence-electron chi connectivity index (χ4n) is 9.65. The number of aryl methyl sites for hydroxylation is 2. The van der Waals surface area contributed by atoms with E-state index < -0.39 is 0 Å². The van der Waals surface area contributed by atoms with Crippen molar-refractivity contribution >= 4 is 45.7 Å². The van der Waals surface area contributed by atoms with Gasteiger partial charge in [-0.15, -0.1) is 0 Å². The summed E-state index contributed by atoms with van der Waals surface area (Å²) < 4.78 is 31.0. The van der Waals surface area contributed by atoms with Crippen molar-refractivity contribution in [1.82, 2.24) is 0 Å². The smallest absolute Gasteiger partial charge is 0.185 e. The topological polar surface area (TPSA) is 111 Å². The number of hydrogen-bond donors (Lipinski definition) is 0. The van der Waals surface area contributed by atoms with Gasteiger partial charge in [-0.25, -0.2) is 9.98 Å². The number of carbonyl (C=O) groups excluding carboxylic acids is 2. The SMILES string of the molecule is CCN(CC)c1ccc(N=C2C=C3Cc4cccc5c4OCCOCCOCCOCCOc4c(cccc4CC4=CC(=Nc6ccc(N(CC)CC)c(C)c6)C=C(C5)C4=O)CC(=C2)C3=O)cc1C. The predicted octanol–water partition coefficient (Wildman–Crippen LogP) is 10.1. The highest BCUT2D eigenvalue weighted by Crippen LogP contribution is 2.37. The number of Topliss-reactive ketones (excluding diaryl/α,β-unsaturated/α-hetero) is 2. The normalized spacial score (nSPS) is 17.1. The first-order chi connectivity index (χ1) is 33.7. The zero-order chi connectivity index (χ0) is 48.3. The molecule has 8 rings (SSSR count). The summed E-state index contributed by atoms with van der Waals surface area (Å²) in [6.07, 6.45) is 8.76. The first-order valence-electron chi connectivity index (χ1n) is 24.7. The minimum atomic E-state index is -0.0608. The van der Waals surface area contributed by atoms with E-state index in [2.05, 4.69) is 75.6 Å². The number of fused-ring (bicyclic) bond motifs is 2. The lowest BCUT2D eigenvalue weighted by Gasteiger charge is -2.24. The number of para-hydroxylation sites is 2. The largest absolute Gasteiger partial charge is 0.491 e. The van der Waals surface area contributed by atoms with Crippen molar-refractivity contribution in [3.05, 3.63) is 153 Å². The van der Waals surface area contributed by atoms with E-state index in [-0.39, 0.29) is 50.5 Å². The van der Waals surface area contributed by atoms with Gasteiger partial charge in [0.2, 0.25) is 0 Å². The van der Waals surface area contributed by atoms with Crippen molar-refractivity contribution in [1.29, 1.82) is 0 Å². The van der Waals surface area contributed by atoms with Gasteiger partial charge in [-0.05, 0) is 136 Å². The maximum absolute atomic E-state index is 14.9. The number of anilines is 2. The van der Waals surface area contributed by atoms with Crippen molar-refractivity contribution < 1.29 is 33.3 Å². The van der Waals surface area contributed by atoms with Gasteiger partial charge in [0.1, 0.15) is 24.7 Å². The molecule has 0 amide bonds. The lowest BCUT2D eigenvalue weighted by atomic mass is 9.84. The molecular formula is C58H66N4O7. The van der Waals surface area contributed by atoms with Gasteiger partial charge in [-0.1, -0.05) is 36.4 Å². The van der Waals surface area contributed by atoms with Crippen LogP contribution in [-0.4, -0.2) is 102 Å². The van der Waals surface area contributed by atoms with E-state index in [0.29, 0.717) is 84.9 Å². The highest BCUT2D eigenvalue weighted by Gasteiger charge is 2.29. The van der Waals surface area contributed by atoms with Gasteiger partial charge in [0, 0.05) is 85.5 Å². The molecule has 0 spiro atoms. The van der Waals surface area contributed by atoms with Gasteiger partial charge in [0.25, 0.3) is 0 Å². The molecule has 1 heterocycles. The summed E-state index contributed by atoms with van der Waals surface area (Å²) in [5.74, 6) is 1.13. The Morgan fingerprint density at radius 3 is 1.07 bits per heavy atom. The number of nitrogens with zero attached hydrogens (tertiary/aromatic N) is 4. The van der Waals surface area contributed by atoms with Gasteiger partial charge >= 0.3 is 0 Å². The molecule has 0 aromatic heterocycles. The summed E-state index contributed by atoms with van der Waals surface area (Å²) in [5, 5.41) is 0. The third kappa shape index (κ3) is 11.9. The predicted molar refractivity (Wildman–Crippen MR) is 277 cm³/mol. The van der Waals surface area contributed by atoms with Crippen LogP contribution in [0.15, 0.2) is 129 Å². The van der Waals surface area contributed by atoms with Crippen molar-refractivity contribution in [2.45, 2.75) is 67.2 Å². The van der Waals surface area contributed by atoms with E-state index in [9.17, 15) is 9.59 Å². The van der Waals surface area contributed by atoms with Gasteiger partial charge in [0.15, 0.2) is 11.6 Å². The van der Waals surface area contributed by atoms with Crippen molar-refractivity contribution in [3.8, 4) is 11.5 Å². The summed E-state index contributed by atoms with van der Waals surface area (Å²) in [5.41, 5.74) is 13.3. The average Bonchev–Trinajstić information content (AvgIpc) is 3.33. The molecule has 3 aliphatic carbocycles. The van der Waals surface area contributed by atoms with Crippen LogP contribution in [0.1, 0.15) is 61.1 Å². The van der Waals surface area contributed by atoms with E-state index in [1.54, 1.807) is 0 Å². The number of hydrogen-bond acceptors (Lipinski definition) is 11. The van der Waals surface area contributed by atoms with Crippen LogP contribution >= 0.6 is 0 Å². The van der Waals surface area contributed by atoms with E-state index in [4.69, 9.17) is 33.7 Å². The summed E-state index contributed by atoms with van der Waals surface area (Å²) in [6, 6.07) is 24.6. The first-order valence-corrected chi connectivity index (χ1v) is 24.7. The zero-order valence-corrected chi connectivity index (χ0v) is 41.2. The fraction of sp³-hybridized carbons (Fsp3) is 0.379. The Balaban J connectivity index is 1.28. The molecule has 11 heteroatoms. The van der Waals surface area contributed by atoms with Crippen molar-refractivity contribution in [2.24, 2.45) is 9.98 Å². The van der Waals surface area contributed by atoms with E-state index in [1.165, 1.54) is 11.4 Å². The second-order valence-corrected chi connectivity index (χ2v) is 17.7. The molecule has 0 unspecified atom stereocenters. The standard InChI is InChI=1S/C58H66N4O7/c1-7-61(8-2)53-19-17-49(29-39(53)5)59-51-35-45-31-41-13-11-15-43-33-47-37-52(60-50-18-20-54(40(6)30-50)62(9-3)10-4)38-48(56(47)64)34-44-16-12-14-42(32-46(36-51)55(45)63)58(44)69-28-26-67-24-22-65-21-23-66-25-27-68-57(41)43/h11-20,29-30,35-38H,7-10,21-28,31-34H2,1-6H3. The van der Waals surface area contributed by atoms with Crippen LogP contribution in [0.5, 0.6) is 11.5 Å². The molecule has 0 saturated heterocycles. The molecule has 0 fully saturated rings. The number of aliphatic imine (C=N–C) groups is 2. The van der Waals surface area contributed by atoms with E-state index >= 15 is 0 Å². The summed E-state index contributed by atoms with van der Waals surface area (Å²) >= 11 is 0. The molecule has 0 radical (unpaired) electrons. The molecule has 0 saturated carbocycles. The molecule has 1 aliphatic heterocycles. The fourth-order valence-corrected chi connectivity index (χ4v) is 9.65. The molecule has 4 aromatic carbocycles. The van der Waals surface area contributed by atoms with Gasteiger partial charge in [-0.3, -0.25) is 9.59 Å². The molecule has 4 aromatic rings. The van der Waals surface area contributed by atoms with E-state index in [0.717, 1.165) is 70.9 Å². The number of rotatable bonds is 8. The molecule has 4 aliphatic rings. The van der Waals surface area contributed by atoms with Crippen LogP contribution in [0, 0.1) is 13.8 Å². The van der Waals surface area contributed by atoms with Gasteiger partial charge in [-0.2, -0.15) is 0 Å². The molecule has 11 nitrogen and oxygen atoms in total. The molecule has 69 heavy (non-hydrogen) atoms. The minimum absolute atomic E-state index is 0.0608. The summed E-state index contributed by atoms with van der Waals surface area (Å²) in [7, 11) is 0. The molecule has 10 bridgehead atoms. The third-order valence-corrected chi connectivity index (χ3v) is 13.1. The highest BCUT2D eigenvalue weighted by atomic mass is 16.6. The van der Waals surface area contributed by atoms with Crippen LogP contribution in [0.4, 0.5) is 22.7 Å². The first kappa shape index (κ1) is 49.0. The van der Waals surface area contributed by atoms with Crippen LogP contribution < -0.4 is 19.3 Å². The second kappa shape index (κ2) is 23.3. The molecule has 0 atom stereocenters. The maximum atomic E-state index is 14.9. The Kier molecular flexibility index (Phi) is 16.5. The van der Waals surface area contributed by atoms with Crippen LogP contribution in [0.25, 0.3) is 0 Å². The van der Waals surface area contributed by atoms with E-state index in [1.807, 2.05) is 72.8 Å². The second-order valence-electron chi connectivity index (χ2n) is 17.7. The average molecular weight is 931 g/mol. The quantitative estimate of drug-likeness (QED) is 0.160. The zero-order valence-electron chi connectivity index (χ0n) is 41.2. The Hall–Kier alpha value is -6.40. The minimum Gasteiger partial charge on any atom is -0.491 e. The lowest BCUT2D eigenvalue weighted by Crippen LogP contribution is -2.22. The van der Waals surface area contributed by atoms with Gasteiger partial charge < -0.3 is 33.5 Å². The number of allylic oxidation sites excluding steroid dienone is 8. The third-order valence-electron chi connectivity index (χ3n) is 13.1. The number of carbonyl (C=O) groups is 2. The highest BCUT2D eigenvalue weighted by molar-refractivity contribution is 6.23. The molecule has 0 N–H and O–H groups in total. The Labute approximate surface area is 407 Å². The lowest BCUT2D eigenvalue weighted by molar-refractivity contribution is -0.113. The maximum Gasteiger partial charge on any atom is 0.185 e. The van der Waals surface area contributed by atoms with Crippen molar-refractivity contribution in [2.75, 3.05) is 88.8 Å². The number of benzene rings is 4. The Bertz CT molecular complexity index is 2460. The monoisotopic (exact) mass is 930 g/mol. The van der Waals surface area contributed by atoms with Crippen LogP contribution in [-0.2, 0) is 49.5 Å².